The Morgan fingerprint density at radius 3 is 2.77 bits per heavy atom. The van der Waals surface area contributed by atoms with E-state index in [0.717, 1.165) is 12.0 Å². The highest BCUT2D eigenvalue weighted by Crippen LogP contribution is 2.33. The van der Waals surface area contributed by atoms with E-state index in [9.17, 15) is 9.90 Å². The number of carbonyl (C=O) groups excluding carboxylic acids is 1. The molecule has 1 aliphatic rings. The summed E-state index contributed by atoms with van der Waals surface area (Å²) in [6.45, 7) is 1.29. The molecule has 0 saturated carbocycles. The van der Waals surface area contributed by atoms with Crippen LogP contribution < -0.4 is 14.8 Å². The van der Waals surface area contributed by atoms with Gasteiger partial charge in [0.15, 0.2) is 17.1 Å². The minimum Gasteiger partial charge on any atom is -0.493 e. The van der Waals surface area contributed by atoms with Crippen LogP contribution in [0.4, 0.5) is 0 Å². The average Bonchev–Trinajstić information content (AvgIpc) is 2.52. The lowest BCUT2D eigenvalue weighted by atomic mass is 9.91. The highest BCUT2D eigenvalue weighted by atomic mass is 16.5. The van der Waals surface area contributed by atoms with Crippen molar-refractivity contribution in [2.45, 2.75) is 25.0 Å². The maximum Gasteiger partial charge on any atom is 0.256 e. The molecule has 0 unspecified atom stereocenters. The van der Waals surface area contributed by atoms with Gasteiger partial charge in [-0.25, -0.2) is 0 Å². The molecule has 6 heteroatoms. The summed E-state index contributed by atoms with van der Waals surface area (Å²) in [5.74, 6) is 1.02. The summed E-state index contributed by atoms with van der Waals surface area (Å²) < 4.78 is 10.7. The fraction of sp³-hybridized carbons (Fsp3) is 0.562. The molecular formula is C16H24N2O4. The molecule has 0 bridgehead atoms. The highest BCUT2D eigenvalue weighted by Gasteiger charge is 2.41. The highest BCUT2D eigenvalue weighted by molar-refractivity contribution is 5.86. The van der Waals surface area contributed by atoms with E-state index in [1.807, 2.05) is 18.2 Å². The number of ether oxygens (including phenoxy) is 2. The van der Waals surface area contributed by atoms with E-state index in [2.05, 4.69) is 5.32 Å². The summed E-state index contributed by atoms with van der Waals surface area (Å²) in [7, 11) is 4.89. The van der Waals surface area contributed by atoms with Crippen molar-refractivity contribution in [3.05, 3.63) is 23.8 Å². The molecule has 1 fully saturated rings. The molecule has 0 aliphatic carbocycles. The van der Waals surface area contributed by atoms with Crippen LogP contribution in [-0.4, -0.2) is 55.9 Å². The van der Waals surface area contributed by atoms with Crippen molar-refractivity contribution in [2.75, 3.05) is 34.4 Å². The molecule has 1 aromatic rings. The predicted molar refractivity (Wildman–Crippen MR) is 83.1 cm³/mol. The predicted octanol–water partition coefficient (Wildman–Crippen LogP) is 0.777. The quantitative estimate of drug-likeness (QED) is 0.812. The summed E-state index contributed by atoms with van der Waals surface area (Å²) in [6, 6.07) is 5.59. The Balaban J connectivity index is 2.22. The van der Waals surface area contributed by atoms with Crippen LogP contribution >= 0.6 is 0 Å². The van der Waals surface area contributed by atoms with Crippen LogP contribution in [0.25, 0.3) is 0 Å². The van der Waals surface area contributed by atoms with Crippen molar-refractivity contribution >= 4 is 5.91 Å². The van der Waals surface area contributed by atoms with Crippen molar-refractivity contribution in [1.29, 1.82) is 0 Å². The van der Waals surface area contributed by atoms with Crippen molar-refractivity contribution in [1.82, 2.24) is 10.2 Å². The van der Waals surface area contributed by atoms with Gasteiger partial charge in [-0.3, -0.25) is 4.79 Å². The number of amides is 1. The number of likely N-dealkylation sites (N-methyl/N-ethyl adjacent to an activating group) is 1. The van der Waals surface area contributed by atoms with Gasteiger partial charge in [0.25, 0.3) is 5.91 Å². The molecule has 1 amide bonds. The maximum atomic E-state index is 12.6. The Morgan fingerprint density at radius 2 is 2.14 bits per heavy atom. The Bertz CT molecular complexity index is 531. The van der Waals surface area contributed by atoms with Crippen LogP contribution in [0.3, 0.4) is 0 Å². The van der Waals surface area contributed by atoms with Gasteiger partial charge in [-0.2, -0.15) is 0 Å². The summed E-state index contributed by atoms with van der Waals surface area (Å²) >= 11 is 0. The summed E-state index contributed by atoms with van der Waals surface area (Å²) in [6.07, 6.45) is 1.26. The van der Waals surface area contributed by atoms with E-state index in [1.165, 1.54) is 0 Å². The van der Waals surface area contributed by atoms with Crippen LogP contribution in [0.2, 0.25) is 0 Å². The number of nitrogens with zero attached hydrogens (tertiary/aromatic N) is 1. The Hall–Kier alpha value is -1.79. The first-order chi connectivity index (χ1) is 10.6. The second kappa shape index (κ2) is 6.98. The zero-order valence-corrected chi connectivity index (χ0v) is 13.4. The lowest BCUT2D eigenvalue weighted by Crippen LogP contribution is -2.57. The molecule has 0 radical (unpaired) electrons. The van der Waals surface area contributed by atoms with Crippen LogP contribution in [0.15, 0.2) is 18.2 Å². The molecule has 6 nitrogen and oxygen atoms in total. The Morgan fingerprint density at radius 1 is 1.36 bits per heavy atom. The lowest BCUT2D eigenvalue weighted by molar-refractivity contribution is -0.157. The number of benzene rings is 1. The number of hydrogen-bond acceptors (Lipinski definition) is 5. The van der Waals surface area contributed by atoms with Gasteiger partial charge in [-0.05, 0) is 26.0 Å². The molecule has 1 atom stereocenters. The van der Waals surface area contributed by atoms with Crippen LogP contribution in [0.5, 0.6) is 11.5 Å². The number of nitrogens with one attached hydrogen (secondary N) is 1. The van der Waals surface area contributed by atoms with E-state index in [4.69, 9.17) is 9.47 Å². The summed E-state index contributed by atoms with van der Waals surface area (Å²) in [5, 5.41) is 13.4. The van der Waals surface area contributed by atoms with Crippen LogP contribution in [0.1, 0.15) is 18.4 Å². The first-order valence-electron chi connectivity index (χ1n) is 7.42. The van der Waals surface area contributed by atoms with Gasteiger partial charge < -0.3 is 24.8 Å². The fourth-order valence-corrected chi connectivity index (χ4v) is 2.96. The number of hydrogen-bond donors (Lipinski definition) is 2. The van der Waals surface area contributed by atoms with Gasteiger partial charge in [-0.15, -0.1) is 0 Å². The monoisotopic (exact) mass is 308 g/mol. The largest absolute Gasteiger partial charge is 0.493 e. The van der Waals surface area contributed by atoms with Gasteiger partial charge in [0.05, 0.1) is 14.2 Å². The van der Waals surface area contributed by atoms with Crippen LogP contribution in [-0.2, 0) is 11.3 Å². The number of rotatable bonds is 6. The minimum atomic E-state index is -1.32. The number of carbonyl (C=O) groups is 1. The SMILES string of the molecule is CNC[C@]1(O)CCCN(Cc2cccc(OC)c2OC)C1=O. The maximum absolute atomic E-state index is 12.6. The van der Waals surface area contributed by atoms with E-state index in [1.54, 1.807) is 26.2 Å². The topological polar surface area (TPSA) is 71.0 Å². The molecule has 0 spiro atoms. The molecule has 2 rings (SSSR count). The number of methoxy groups -OCH3 is 2. The number of piperidine rings is 1. The molecule has 1 aliphatic heterocycles. The van der Waals surface area contributed by atoms with Crippen molar-refractivity contribution in [3.63, 3.8) is 0 Å². The van der Waals surface area contributed by atoms with Gasteiger partial charge in [0.2, 0.25) is 0 Å². The summed E-state index contributed by atoms with van der Waals surface area (Å²) in [4.78, 5) is 14.2. The molecule has 0 aromatic heterocycles. The lowest BCUT2D eigenvalue weighted by Gasteiger charge is -2.38. The average molecular weight is 308 g/mol. The molecular weight excluding hydrogens is 284 g/mol. The third kappa shape index (κ3) is 3.18. The molecule has 1 heterocycles. The summed E-state index contributed by atoms with van der Waals surface area (Å²) in [5.41, 5.74) is -0.456. The van der Waals surface area contributed by atoms with Gasteiger partial charge in [0, 0.05) is 25.2 Å². The smallest absolute Gasteiger partial charge is 0.256 e. The fourth-order valence-electron chi connectivity index (χ4n) is 2.96. The van der Waals surface area contributed by atoms with Crippen LogP contribution in [0, 0.1) is 0 Å². The number of para-hydroxylation sites is 1. The Labute approximate surface area is 131 Å². The molecule has 22 heavy (non-hydrogen) atoms. The van der Waals surface area contributed by atoms with Gasteiger partial charge in [0.1, 0.15) is 0 Å². The minimum absolute atomic E-state index is 0.238. The second-order valence-corrected chi connectivity index (χ2v) is 5.54. The molecule has 122 valence electrons. The standard InChI is InChI=1S/C16H24N2O4/c1-17-11-16(20)8-5-9-18(15(16)19)10-12-6-4-7-13(21-2)14(12)22-3/h4,6-7,17,20H,5,8-11H2,1-3H3/t16-/m1/s1. The number of likely N-dealkylation sites (tertiary alicyclic amines) is 1. The Kier molecular flexibility index (Phi) is 5.26. The normalized spacial score (nSPS) is 21.8. The third-order valence-corrected chi connectivity index (χ3v) is 4.02. The first-order valence-corrected chi connectivity index (χ1v) is 7.42. The molecule has 2 N–H and O–H groups in total. The van der Waals surface area contributed by atoms with E-state index < -0.39 is 5.60 Å². The van der Waals surface area contributed by atoms with E-state index in [-0.39, 0.29) is 12.5 Å². The third-order valence-electron chi connectivity index (χ3n) is 4.02. The second-order valence-electron chi connectivity index (χ2n) is 5.54. The molecule has 1 aromatic carbocycles. The van der Waals surface area contributed by atoms with E-state index >= 15 is 0 Å². The molecule has 1 saturated heterocycles. The van der Waals surface area contributed by atoms with Crippen molar-refractivity contribution < 1.29 is 19.4 Å². The zero-order chi connectivity index (χ0) is 16.2. The van der Waals surface area contributed by atoms with E-state index in [0.29, 0.717) is 31.0 Å². The zero-order valence-electron chi connectivity index (χ0n) is 13.4. The first kappa shape index (κ1) is 16.6. The van der Waals surface area contributed by atoms with Gasteiger partial charge in [-0.1, -0.05) is 12.1 Å². The van der Waals surface area contributed by atoms with Crippen molar-refractivity contribution in [3.8, 4) is 11.5 Å². The number of aliphatic hydroxyl groups is 1. The van der Waals surface area contributed by atoms with Crippen molar-refractivity contribution in [2.24, 2.45) is 0 Å². The van der Waals surface area contributed by atoms with Gasteiger partial charge >= 0.3 is 0 Å².